The van der Waals surface area contributed by atoms with Crippen molar-refractivity contribution in [2.75, 3.05) is 5.32 Å². The molecule has 5 heteroatoms. The van der Waals surface area contributed by atoms with Gasteiger partial charge in [-0.1, -0.05) is 23.7 Å². The van der Waals surface area contributed by atoms with Crippen molar-refractivity contribution in [1.29, 1.82) is 0 Å². The van der Waals surface area contributed by atoms with E-state index in [-0.39, 0.29) is 11.9 Å². The molecule has 0 unspecified atom stereocenters. The van der Waals surface area contributed by atoms with Crippen molar-refractivity contribution in [1.82, 2.24) is 0 Å². The fourth-order valence-corrected chi connectivity index (χ4v) is 2.86. The lowest BCUT2D eigenvalue weighted by atomic mass is 10.2. The van der Waals surface area contributed by atoms with Gasteiger partial charge < -0.3 is 10.1 Å². The Labute approximate surface area is 137 Å². The minimum Gasteiger partial charge on any atom is -0.491 e. The van der Waals surface area contributed by atoms with Crippen LogP contribution in [0.3, 0.4) is 0 Å². The van der Waals surface area contributed by atoms with Gasteiger partial charge in [-0.05, 0) is 59.6 Å². The molecule has 2 aromatic rings. The maximum Gasteiger partial charge on any atom is 0.125 e. The first-order valence-corrected chi connectivity index (χ1v) is 7.77. The Morgan fingerprint density at radius 1 is 1.29 bits per heavy atom. The molecule has 0 aliphatic heterocycles. The van der Waals surface area contributed by atoms with E-state index in [1.54, 1.807) is 0 Å². The zero-order chi connectivity index (χ0) is 15.4. The maximum atomic E-state index is 13.2. The van der Waals surface area contributed by atoms with Gasteiger partial charge in [0.25, 0.3) is 0 Å². The van der Waals surface area contributed by atoms with Crippen LogP contribution in [-0.4, -0.2) is 6.10 Å². The lowest BCUT2D eigenvalue weighted by molar-refractivity contribution is 0.242. The van der Waals surface area contributed by atoms with Crippen molar-refractivity contribution in [3.8, 4) is 5.75 Å². The van der Waals surface area contributed by atoms with Crippen molar-refractivity contribution in [3.05, 3.63) is 57.3 Å². The summed E-state index contributed by atoms with van der Waals surface area (Å²) in [5.41, 5.74) is 1.73. The Morgan fingerprint density at radius 3 is 2.71 bits per heavy atom. The summed E-state index contributed by atoms with van der Waals surface area (Å²) in [4.78, 5) is 0. The standard InChI is InChI=1S/C16H16BrClFNO/c1-10(2)21-13-5-3-4-11(6-13)9-20-16-14(17)7-12(19)8-15(16)18/h3-8,10,20H,9H2,1-2H3. The highest BCUT2D eigenvalue weighted by atomic mass is 79.9. The van der Waals surface area contributed by atoms with E-state index in [1.807, 2.05) is 38.1 Å². The second kappa shape index (κ2) is 7.14. The van der Waals surface area contributed by atoms with Crippen molar-refractivity contribution < 1.29 is 9.13 Å². The summed E-state index contributed by atoms with van der Waals surface area (Å²) < 4.78 is 19.4. The molecular formula is C16H16BrClFNO. The van der Waals surface area contributed by atoms with Crippen LogP contribution in [0.1, 0.15) is 19.4 Å². The quantitative estimate of drug-likeness (QED) is 0.733. The second-order valence-corrected chi connectivity index (χ2v) is 6.17. The predicted octanol–water partition coefficient (Wildman–Crippen LogP) is 5.64. The van der Waals surface area contributed by atoms with Gasteiger partial charge in [0.1, 0.15) is 11.6 Å². The Morgan fingerprint density at radius 2 is 2.05 bits per heavy atom. The molecule has 0 saturated carbocycles. The van der Waals surface area contributed by atoms with Gasteiger partial charge in [-0.2, -0.15) is 0 Å². The van der Waals surface area contributed by atoms with E-state index in [4.69, 9.17) is 16.3 Å². The van der Waals surface area contributed by atoms with Crippen LogP contribution < -0.4 is 10.1 Å². The molecule has 1 N–H and O–H groups in total. The van der Waals surface area contributed by atoms with Gasteiger partial charge >= 0.3 is 0 Å². The Hall–Kier alpha value is -1.26. The number of halogens is 3. The van der Waals surface area contributed by atoms with E-state index in [0.29, 0.717) is 21.7 Å². The van der Waals surface area contributed by atoms with Crippen molar-refractivity contribution >= 4 is 33.2 Å². The minimum absolute atomic E-state index is 0.133. The summed E-state index contributed by atoms with van der Waals surface area (Å²) in [6.07, 6.45) is 0.133. The molecule has 2 nitrogen and oxygen atoms in total. The van der Waals surface area contributed by atoms with Crippen LogP contribution in [0.25, 0.3) is 0 Å². The number of rotatable bonds is 5. The molecule has 0 fully saturated rings. The highest BCUT2D eigenvalue weighted by Gasteiger charge is 2.08. The Kier molecular flexibility index (Phi) is 5.48. The monoisotopic (exact) mass is 371 g/mol. The number of ether oxygens (including phenoxy) is 1. The van der Waals surface area contributed by atoms with Crippen molar-refractivity contribution in [2.24, 2.45) is 0 Å². The molecule has 0 heterocycles. The number of nitrogens with one attached hydrogen (secondary N) is 1. The summed E-state index contributed by atoms with van der Waals surface area (Å²) in [7, 11) is 0. The summed E-state index contributed by atoms with van der Waals surface area (Å²) >= 11 is 9.35. The SMILES string of the molecule is CC(C)Oc1cccc(CNc2c(Cl)cc(F)cc2Br)c1. The van der Waals surface area contributed by atoms with Gasteiger partial charge in [0, 0.05) is 11.0 Å². The van der Waals surface area contributed by atoms with Gasteiger partial charge in [-0.25, -0.2) is 4.39 Å². The van der Waals surface area contributed by atoms with Crippen molar-refractivity contribution in [3.63, 3.8) is 0 Å². The van der Waals surface area contributed by atoms with Gasteiger partial charge in [0.2, 0.25) is 0 Å². The molecule has 21 heavy (non-hydrogen) atoms. The summed E-state index contributed by atoms with van der Waals surface area (Å²) in [5, 5.41) is 3.55. The number of hydrogen-bond acceptors (Lipinski definition) is 2. The van der Waals surface area contributed by atoms with E-state index in [0.717, 1.165) is 11.3 Å². The first-order valence-electron chi connectivity index (χ1n) is 6.59. The molecule has 0 saturated heterocycles. The molecule has 0 amide bonds. The number of anilines is 1. The van der Waals surface area contributed by atoms with Crippen LogP contribution in [0.4, 0.5) is 10.1 Å². The van der Waals surface area contributed by atoms with Crippen LogP contribution in [0.2, 0.25) is 5.02 Å². The minimum atomic E-state index is -0.371. The van der Waals surface area contributed by atoms with Crippen LogP contribution in [0, 0.1) is 5.82 Å². The zero-order valence-corrected chi connectivity index (χ0v) is 14.1. The highest BCUT2D eigenvalue weighted by Crippen LogP contribution is 2.32. The number of benzene rings is 2. The number of hydrogen-bond donors (Lipinski definition) is 1. The molecule has 0 atom stereocenters. The Balaban J connectivity index is 2.10. The highest BCUT2D eigenvalue weighted by molar-refractivity contribution is 9.10. The van der Waals surface area contributed by atoms with Gasteiger partial charge in [0.15, 0.2) is 0 Å². The average Bonchev–Trinajstić information content (AvgIpc) is 2.37. The smallest absolute Gasteiger partial charge is 0.125 e. The third-order valence-electron chi connectivity index (χ3n) is 2.75. The Bertz CT molecular complexity index is 610. The zero-order valence-electron chi connectivity index (χ0n) is 11.8. The van der Waals surface area contributed by atoms with E-state index in [1.165, 1.54) is 12.1 Å². The fraction of sp³-hybridized carbons (Fsp3) is 0.250. The van der Waals surface area contributed by atoms with E-state index in [2.05, 4.69) is 21.2 Å². The van der Waals surface area contributed by atoms with E-state index < -0.39 is 0 Å². The third-order valence-corrected chi connectivity index (χ3v) is 3.67. The summed E-state index contributed by atoms with van der Waals surface area (Å²) in [6.45, 7) is 4.54. The molecule has 0 aliphatic carbocycles. The molecule has 2 aromatic carbocycles. The largest absolute Gasteiger partial charge is 0.491 e. The lowest BCUT2D eigenvalue weighted by Gasteiger charge is -2.13. The topological polar surface area (TPSA) is 21.3 Å². The van der Waals surface area contributed by atoms with E-state index in [9.17, 15) is 4.39 Å². The fourth-order valence-electron chi connectivity index (χ4n) is 1.90. The maximum absolute atomic E-state index is 13.2. The van der Waals surface area contributed by atoms with Crippen molar-refractivity contribution in [2.45, 2.75) is 26.5 Å². The summed E-state index contributed by atoms with van der Waals surface area (Å²) in [5.74, 6) is 0.457. The molecule has 0 aliphatic rings. The summed E-state index contributed by atoms with van der Waals surface area (Å²) in [6, 6.07) is 10.5. The van der Waals surface area contributed by atoms with Gasteiger partial charge in [-0.3, -0.25) is 0 Å². The molecule has 0 spiro atoms. The van der Waals surface area contributed by atoms with Gasteiger partial charge in [0.05, 0.1) is 16.8 Å². The van der Waals surface area contributed by atoms with Crippen LogP contribution in [0.5, 0.6) is 5.75 Å². The molecule has 112 valence electrons. The van der Waals surface area contributed by atoms with E-state index >= 15 is 0 Å². The first kappa shape index (κ1) is 16.1. The lowest BCUT2D eigenvalue weighted by Crippen LogP contribution is -2.06. The normalized spacial score (nSPS) is 10.8. The van der Waals surface area contributed by atoms with Crippen LogP contribution in [0.15, 0.2) is 40.9 Å². The molecule has 2 rings (SSSR count). The third kappa shape index (κ3) is 4.61. The molecule has 0 bridgehead atoms. The van der Waals surface area contributed by atoms with Gasteiger partial charge in [-0.15, -0.1) is 0 Å². The second-order valence-electron chi connectivity index (χ2n) is 4.91. The van der Waals surface area contributed by atoms with Crippen LogP contribution >= 0.6 is 27.5 Å². The first-order chi connectivity index (χ1) is 9.95. The molecule has 0 radical (unpaired) electrons. The van der Waals surface area contributed by atoms with Crippen LogP contribution in [-0.2, 0) is 6.54 Å². The predicted molar refractivity (Wildman–Crippen MR) is 88.6 cm³/mol. The molecule has 0 aromatic heterocycles. The molecular weight excluding hydrogens is 357 g/mol. The average molecular weight is 373 g/mol.